The van der Waals surface area contributed by atoms with Crippen LogP contribution in [0.1, 0.15) is 8.30 Å². The fourth-order valence-corrected chi connectivity index (χ4v) is 7.34. The first kappa shape index (κ1) is 13.8. The Labute approximate surface area is 126 Å². The Kier molecular flexibility index (Phi) is 3.65. The molecule has 0 bridgehead atoms. The molecule has 1 rings (SSSR count). The highest BCUT2D eigenvalue weighted by atomic mass is 28.3. The van der Waals surface area contributed by atoms with Crippen LogP contribution in [0.4, 0.5) is 0 Å². The molecular weight excluding hydrogens is 276 g/mol. The molecule has 0 aliphatic rings. The predicted octanol–water partition coefficient (Wildman–Crippen LogP) is 3.63. The van der Waals surface area contributed by atoms with Gasteiger partial charge in [0.25, 0.3) is 0 Å². The highest BCUT2D eigenvalue weighted by Gasteiger charge is 2.29. The summed E-state index contributed by atoms with van der Waals surface area (Å²) in [5, 5.41) is 3.68. The van der Waals surface area contributed by atoms with Crippen molar-refractivity contribution in [2.24, 2.45) is 0 Å². The van der Waals surface area contributed by atoms with E-state index in [4.69, 9.17) is 2.74 Å². The molecule has 0 amide bonds. The lowest BCUT2D eigenvalue weighted by atomic mass is 10.2. The molecule has 0 N–H and O–H groups in total. The number of hydrogen-bond acceptors (Lipinski definition) is 0. The number of benzene rings is 1. The van der Waals surface area contributed by atoms with Crippen molar-refractivity contribution in [2.45, 2.75) is 65.8 Å². The van der Waals surface area contributed by atoms with Crippen LogP contribution < -0.4 is 15.6 Å². The van der Waals surface area contributed by atoms with Crippen LogP contribution in [0, 0.1) is 6.92 Å². The van der Waals surface area contributed by atoms with Gasteiger partial charge in [-0.15, -0.1) is 0 Å². The maximum atomic E-state index is 8.81. The lowest BCUT2D eigenvalue weighted by molar-refractivity contribution is 1.51. The molecule has 0 fully saturated rings. The van der Waals surface area contributed by atoms with Crippen molar-refractivity contribution in [1.29, 1.82) is 0 Å². The maximum absolute atomic E-state index is 8.81. The zero-order valence-corrected chi connectivity index (χ0v) is 17.5. The van der Waals surface area contributed by atoms with E-state index in [0.29, 0.717) is 12.1 Å². The SMILES string of the molecule is [2H]c1c([Si](C)(C)C)c([2H])c([Si](C)(C)C)c(C)c1[Si](C)(C)C. The molecule has 0 spiro atoms. The number of hydrogen-bond donors (Lipinski definition) is 0. The van der Waals surface area contributed by atoms with Crippen LogP contribution in [0.5, 0.6) is 0 Å². The Morgan fingerprint density at radius 1 is 0.684 bits per heavy atom. The van der Waals surface area contributed by atoms with E-state index in [0.717, 1.165) is 5.19 Å². The van der Waals surface area contributed by atoms with Crippen molar-refractivity contribution in [2.75, 3.05) is 0 Å². The fourth-order valence-electron chi connectivity index (χ4n) is 2.47. The Hall–Kier alpha value is -0.129. The Morgan fingerprint density at radius 3 is 1.21 bits per heavy atom. The molecule has 0 saturated carbocycles. The summed E-state index contributed by atoms with van der Waals surface area (Å²) in [4.78, 5) is 0. The minimum atomic E-state index is -1.70. The molecule has 0 aromatic heterocycles. The smallest absolute Gasteiger partial charge is 0.0656 e. The molecule has 0 atom stereocenters. The fraction of sp³-hybridized carbons (Fsp3) is 0.625. The first-order valence-corrected chi connectivity index (χ1v) is 17.8. The molecule has 3 heteroatoms. The third-order valence-corrected chi connectivity index (χ3v) is 9.25. The molecule has 108 valence electrons. The van der Waals surface area contributed by atoms with E-state index in [1.54, 1.807) is 0 Å². The van der Waals surface area contributed by atoms with Crippen molar-refractivity contribution < 1.29 is 2.74 Å². The average molecular weight is 311 g/mol. The first-order chi connectivity index (χ1) is 9.10. The van der Waals surface area contributed by atoms with E-state index in [1.807, 2.05) is 0 Å². The zero-order valence-electron chi connectivity index (χ0n) is 16.5. The summed E-state index contributed by atoms with van der Waals surface area (Å²) in [6.07, 6.45) is 0. The molecular formula is C16H32Si3. The molecule has 0 saturated heterocycles. The second-order valence-corrected chi connectivity index (χ2v) is 23.8. The van der Waals surface area contributed by atoms with Crippen LogP contribution in [-0.2, 0) is 0 Å². The van der Waals surface area contributed by atoms with Crippen LogP contribution in [0.15, 0.2) is 12.1 Å². The topological polar surface area (TPSA) is 0 Å². The molecule has 0 radical (unpaired) electrons. The van der Waals surface area contributed by atoms with Crippen molar-refractivity contribution in [3.05, 3.63) is 17.6 Å². The normalized spacial score (nSPS) is 15.3. The summed E-state index contributed by atoms with van der Waals surface area (Å²) in [7, 11) is -4.88. The van der Waals surface area contributed by atoms with E-state index in [9.17, 15) is 0 Å². The van der Waals surface area contributed by atoms with Crippen LogP contribution in [0.25, 0.3) is 0 Å². The van der Waals surface area contributed by atoms with Gasteiger partial charge in [-0.2, -0.15) is 0 Å². The van der Waals surface area contributed by atoms with Crippen LogP contribution in [-0.4, -0.2) is 24.2 Å². The third-order valence-electron chi connectivity index (χ3n) is 3.50. The summed E-state index contributed by atoms with van der Waals surface area (Å²) in [5.41, 5.74) is 1.27. The second-order valence-electron chi connectivity index (χ2n) is 8.75. The minimum Gasteiger partial charge on any atom is -0.0656 e. The standard InChI is InChI=1S/C16H32Si3/c1-13-15(18(5,6)7)11-14(17(2,3)4)12-16(13)19(8,9)10/h11-12H,1-10H3/i11D,12D. The monoisotopic (exact) mass is 310 g/mol. The van der Waals surface area contributed by atoms with E-state index in [-0.39, 0.29) is 0 Å². The molecule has 0 heterocycles. The Balaban J connectivity index is 4.04. The van der Waals surface area contributed by atoms with Gasteiger partial charge in [0.15, 0.2) is 0 Å². The van der Waals surface area contributed by atoms with E-state index in [2.05, 4.69) is 65.8 Å². The minimum absolute atomic E-state index is 0.706. The van der Waals surface area contributed by atoms with E-state index in [1.165, 1.54) is 15.9 Å². The van der Waals surface area contributed by atoms with Gasteiger partial charge in [-0.3, -0.25) is 0 Å². The van der Waals surface area contributed by atoms with Gasteiger partial charge < -0.3 is 0 Å². The maximum Gasteiger partial charge on any atom is 0.0779 e. The van der Waals surface area contributed by atoms with Crippen molar-refractivity contribution in [3.8, 4) is 0 Å². The molecule has 0 unspecified atom stereocenters. The van der Waals surface area contributed by atoms with Gasteiger partial charge in [-0.25, -0.2) is 0 Å². The van der Waals surface area contributed by atoms with Gasteiger partial charge in [0.05, 0.1) is 27.0 Å². The van der Waals surface area contributed by atoms with Gasteiger partial charge in [-0.1, -0.05) is 92.1 Å². The summed E-state index contributed by atoms with van der Waals surface area (Å²) >= 11 is 0. The lowest BCUT2D eigenvalue weighted by Gasteiger charge is -2.30. The van der Waals surface area contributed by atoms with E-state index >= 15 is 0 Å². The average Bonchev–Trinajstić information content (AvgIpc) is 2.07. The summed E-state index contributed by atoms with van der Waals surface area (Å²) in [6, 6.07) is 1.41. The van der Waals surface area contributed by atoms with Gasteiger partial charge in [0.2, 0.25) is 0 Å². The quantitative estimate of drug-likeness (QED) is 0.748. The first-order valence-electron chi connectivity index (χ1n) is 8.25. The molecule has 0 nitrogen and oxygen atoms in total. The second kappa shape index (κ2) is 5.01. The van der Waals surface area contributed by atoms with Gasteiger partial charge >= 0.3 is 0 Å². The largest absolute Gasteiger partial charge is 0.0779 e. The van der Waals surface area contributed by atoms with Crippen LogP contribution >= 0.6 is 0 Å². The van der Waals surface area contributed by atoms with Gasteiger partial charge in [0.1, 0.15) is 0 Å². The van der Waals surface area contributed by atoms with Crippen molar-refractivity contribution in [3.63, 3.8) is 0 Å². The molecule has 1 aromatic rings. The third kappa shape index (κ3) is 3.92. The molecule has 1 aromatic carbocycles. The lowest BCUT2D eigenvalue weighted by Crippen LogP contribution is -2.53. The van der Waals surface area contributed by atoms with Gasteiger partial charge in [0, 0.05) is 0 Å². The van der Waals surface area contributed by atoms with Gasteiger partial charge in [-0.05, 0) is 6.92 Å². The Morgan fingerprint density at radius 2 is 1.00 bits per heavy atom. The summed E-state index contributed by atoms with van der Waals surface area (Å²) in [5.74, 6) is 0. The zero-order chi connectivity index (χ0) is 17.0. The van der Waals surface area contributed by atoms with E-state index < -0.39 is 24.2 Å². The molecule has 19 heavy (non-hydrogen) atoms. The highest BCUT2D eigenvalue weighted by molar-refractivity contribution is 6.94. The summed E-state index contributed by atoms with van der Waals surface area (Å²) in [6.45, 7) is 23.0. The number of rotatable bonds is 3. The Bertz CT molecular complexity index is 457. The molecule has 0 aliphatic heterocycles. The highest BCUT2D eigenvalue weighted by Crippen LogP contribution is 2.12. The molecule has 0 aliphatic carbocycles. The van der Waals surface area contributed by atoms with Crippen molar-refractivity contribution >= 4 is 39.8 Å². The van der Waals surface area contributed by atoms with Crippen LogP contribution in [0.2, 0.25) is 58.9 Å². The summed E-state index contributed by atoms with van der Waals surface area (Å²) < 4.78 is 17.6. The van der Waals surface area contributed by atoms with Crippen molar-refractivity contribution in [1.82, 2.24) is 0 Å². The van der Waals surface area contributed by atoms with Crippen LogP contribution in [0.3, 0.4) is 0 Å². The predicted molar refractivity (Wildman–Crippen MR) is 100 cm³/mol.